The molecule has 19 heavy (non-hydrogen) atoms. The van der Waals surface area contributed by atoms with E-state index in [9.17, 15) is 14.0 Å². The van der Waals surface area contributed by atoms with E-state index in [1.807, 2.05) is 0 Å². The van der Waals surface area contributed by atoms with Crippen molar-refractivity contribution in [1.82, 2.24) is 4.57 Å². The van der Waals surface area contributed by atoms with Gasteiger partial charge in [0.1, 0.15) is 11.4 Å². The van der Waals surface area contributed by atoms with Crippen LogP contribution in [0.4, 0.5) is 4.39 Å². The number of rotatable bonds is 3. The van der Waals surface area contributed by atoms with E-state index in [-0.39, 0.29) is 17.1 Å². The number of hydrogen-bond acceptors (Lipinski definition) is 2. The number of aromatic nitrogens is 1. The van der Waals surface area contributed by atoms with Gasteiger partial charge in [-0.25, -0.2) is 9.18 Å². The van der Waals surface area contributed by atoms with Gasteiger partial charge in [-0.3, -0.25) is 4.79 Å². The van der Waals surface area contributed by atoms with Crippen molar-refractivity contribution in [2.75, 3.05) is 0 Å². The van der Waals surface area contributed by atoms with E-state index in [1.54, 1.807) is 12.1 Å². The van der Waals surface area contributed by atoms with Crippen molar-refractivity contribution >= 4 is 17.6 Å². The molecule has 0 unspecified atom stereocenters. The lowest BCUT2D eigenvalue weighted by Gasteiger charge is -2.08. The summed E-state index contributed by atoms with van der Waals surface area (Å²) in [7, 11) is 0. The number of carboxylic acids is 1. The molecule has 0 fully saturated rings. The van der Waals surface area contributed by atoms with Gasteiger partial charge in [0.15, 0.2) is 5.43 Å². The molecular weight excluding hydrogens is 273 g/mol. The summed E-state index contributed by atoms with van der Waals surface area (Å²) in [5.41, 5.74) is -0.632. The third kappa shape index (κ3) is 2.82. The second-order valence-electron chi connectivity index (χ2n) is 3.91. The highest BCUT2D eigenvalue weighted by molar-refractivity contribution is 6.30. The number of aromatic carboxylic acids is 1. The minimum atomic E-state index is -1.31. The zero-order chi connectivity index (χ0) is 14.0. The third-order valence-electron chi connectivity index (χ3n) is 2.59. The van der Waals surface area contributed by atoms with Crippen LogP contribution in [0.1, 0.15) is 15.9 Å². The first-order chi connectivity index (χ1) is 8.99. The summed E-state index contributed by atoms with van der Waals surface area (Å²) in [6.07, 6.45) is 2.57. The fraction of sp³-hybridized carbons (Fsp3) is 0.0769. The Morgan fingerprint density at radius 3 is 2.79 bits per heavy atom. The Hall–Kier alpha value is -2.14. The lowest BCUT2D eigenvalue weighted by molar-refractivity contribution is 0.0694. The molecule has 0 aliphatic carbocycles. The molecule has 0 amide bonds. The van der Waals surface area contributed by atoms with Crippen molar-refractivity contribution < 1.29 is 14.3 Å². The topological polar surface area (TPSA) is 59.3 Å². The molecule has 1 aromatic heterocycles. The van der Waals surface area contributed by atoms with Gasteiger partial charge < -0.3 is 9.67 Å². The second-order valence-corrected chi connectivity index (χ2v) is 4.32. The minimum Gasteiger partial charge on any atom is -0.477 e. The van der Waals surface area contributed by atoms with E-state index in [4.69, 9.17) is 16.7 Å². The predicted octanol–water partition coefficient (Wildman–Crippen LogP) is 2.39. The van der Waals surface area contributed by atoms with Crippen LogP contribution in [0.5, 0.6) is 0 Å². The average molecular weight is 282 g/mol. The van der Waals surface area contributed by atoms with E-state index < -0.39 is 17.2 Å². The molecule has 4 nitrogen and oxygen atoms in total. The number of carbonyl (C=O) groups is 1. The number of benzene rings is 1. The monoisotopic (exact) mass is 281 g/mol. The molecule has 6 heteroatoms. The summed E-state index contributed by atoms with van der Waals surface area (Å²) in [5, 5.41) is 8.84. The molecule has 0 saturated heterocycles. The van der Waals surface area contributed by atoms with Gasteiger partial charge >= 0.3 is 5.97 Å². The molecule has 2 rings (SSSR count). The van der Waals surface area contributed by atoms with Crippen molar-refractivity contribution in [2.45, 2.75) is 6.54 Å². The summed E-state index contributed by atoms with van der Waals surface area (Å²) in [6.45, 7) is 0.0902. The van der Waals surface area contributed by atoms with Gasteiger partial charge in [-0.05, 0) is 6.07 Å². The van der Waals surface area contributed by atoms with Gasteiger partial charge in [-0.1, -0.05) is 23.7 Å². The zero-order valence-electron chi connectivity index (χ0n) is 9.64. The Labute approximate surface area is 112 Å². The maximum atomic E-state index is 13.7. The van der Waals surface area contributed by atoms with Gasteiger partial charge in [-0.15, -0.1) is 0 Å². The van der Waals surface area contributed by atoms with Gasteiger partial charge in [0.05, 0.1) is 5.02 Å². The van der Waals surface area contributed by atoms with Crippen LogP contribution in [0, 0.1) is 5.82 Å². The van der Waals surface area contributed by atoms with E-state index in [2.05, 4.69) is 0 Å². The maximum Gasteiger partial charge on any atom is 0.341 e. The van der Waals surface area contributed by atoms with Crippen molar-refractivity contribution in [2.24, 2.45) is 0 Å². The van der Waals surface area contributed by atoms with Crippen molar-refractivity contribution in [3.05, 3.63) is 68.8 Å². The largest absolute Gasteiger partial charge is 0.477 e. The molecular formula is C13H9ClFNO3. The van der Waals surface area contributed by atoms with Crippen LogP contribution in [-0.2, 0) is 6.54 Å². The van der Waals surface area contributed by atoms with Crippen molar-refractivity contribution in [1.29, 1.82) is 0 Å². The van der Waals surface area contributed by atoms with Crippen LogP contribution in [0.25, 0.3) is 0 Å². The highest BCUT2D eigenvalue weighted by Crippen LogP contribution is 2.18. The molecule has 0 bridgehead atoms. The van der Waals surface area contributed by atoms with E-state index in [1.165, 1.54) is 23.0 Å². The minimum absolute atomic E-state index is 0.00277. The fourth-order valence-electron chi connectivity index (χ4n) is 1.65. The lowest BCUT2D eigenvalue weighted by atomic mass is 10.2. The normalized spacial score (nSPS) is 10.4. The van der Waals surface area contributed by atoms with Crippen LogP contribution in [-0.4, -0.2) is 15.6 Å². The van der Waals surface area contributed by atoms with Gasteiger partial charge in [0.2, 0.25) is 0 Å². The smallest absolute Gasteiger partial charge is 0.341 e. The molecule has 1 aromatic carbocycles. The van der Waals surface area contributed by atoms with E-state index >= 15 is 0 Å². The highest BCUT2D eigenvalue weighted by Gasteiger charge is 2.10. The van der Waals surface area contributed by atoms with Crippen LogP contribution in [0.2, 0.25) is 5.02 Å². The van der Waals surface area contributed by atoms with Gasteiger partial charge in [0.25, 0.3) is 0 Å². The highest BCUT2D eigenvalue weighted by atomic mass is 35.5. The first-order valence-electron chi connectivity index (χ1n) is 5.35. The number of nitrogens with zero attached hydrogens (tertiary/aromatic N) is 1. The first-order valence-corrected chi connectivity index (χ1v) is 5.73. The van der Waals surface area contributed by atoms with Crippen LogP contribution < -0.4 is 5.43 Å². The summed E-state index contributed by atoms with van der Waals surface area (Å²) >= 11 is 5.66. The summed E-state index contributed by atoms with van der Waals surface area (Å²) in [4.78, 5) is 22.1. The van der Waals surface area contributed by atoms with Crippen LogP contribution in [0.15, 0.2) is 41.5 Å². The number of halogens is 2. The quantitative estimate of drug-likeness (QED) is 0.940. The average Bonchev–Trinajstić information content (AvgIpc) is 2.37. The molecule has 1 N–H and O–H groups in total. The molecule has 0 spiro atoms. The fourth-order valence-corrected chi connectivity index (χ4v) is 1.85. The van der Waals surface area contributed by atoms with Crippen LogP contribution >= 0.6 is 11.6 Å². The molecule has 98 valence electrons. The maximum absolute atomic E-state index is 13.7. The summed E-state index contributed by atoms with van der Waals surface area (Å²) in [5.74, 6) is -1.87. The number of pyridine rings is 1. The predicted molar refractivity (Wildman–Crippen MR) is 68.2 cm³/mol. The third-order valence-corrected chi connectivity index (χ3v) is 2.88. The van der Waals surface area contributed by atoms with Gasteiger partial charge in [-0.2, -0.15) is 0 Å². The van der Waals surface area contributed by atoms with E-state index in [0.717, 1.165) is 6.07 Å². The second kappa shape index (κ2) is 5.24. The number of carboxylic acid groups (broad SMARTS) is 1. The SMILES string of the molecule is O=C(O)c1cn(Cc2cccc(Cl)c2F)ccc1=O. The zero-order valence-corrected chi connectivity index (χ0v) is 10.4. The van der Waals surface area contributed by atoms with Crippen LogP contribution in [0.3, 0.4) is 0 Å². The molecule has 0 aliphatic heterocycles. The van der Waals surface area contributed by atoms with Gasteiger partial charge in [0, 0.05) is 30.6 Å². The Bertz CT molecular complexity index is 697. The summed E-state index contributed by atoms with van der Waals surface area (Å²) < 4.78 is 15.1. The molecule has 0 atom stereocenters. The molecule has 0 saturated carbocycles. The Morgan fingerprint density at radius 1 is 1.37 bits per heavy atom. The lowest BCUT2D eigenvalue weighted by Crippen LogP contribution is -2.17. The molecule has 2 aromatic rings. The first kappa shape index (κ1) is 13.3. The van der Waals surface area contributed by atoms with E-state index in [0.29, 0.717) is 5.56 Å². The Kier molecular flexibility index (Phi) is 3.66. The van der Waals surface area contributed by atoms with Crippen molar-refractivity contribution in [3.8, 4) is 0 Å². The Morgan fingerprint density at radius 2 is 2.11 bits per heavy atom. The molecule has 0 aliphatic rings. The van der Waals surface area contributed by atoms with Crippen molar-refractivity contribution in [3.63, 3.8) is 0 Å². The standard InChI is InChI=1S/C13H9ClFNO3/c14-10-3-1-2-8(12(10)15)6-16-5-4-11(17)9(7-16)13(18)19/h1-5,7H,6H2,(H,18,19). The Balaban J connectivity index is 2.39. The molecule has 0 radical (unpaired) electrons. The summed E-state index contributed by atoms with van der Waals surface area (Å²) in [6, 6.07) is 5.70. The number of hydrogen-bond donors (Lipinski definition) is 1. The molecule has 1 heterocycles.